The third kappa shape index (κ3) is 8.06. The van der Waals surface area contributed by atoms with Crippen molar-refractivity contribution < 1.29 is 19.8 Å². The second kappa shape index (κ2) is 7.36. The summed E-state index contributed by atoms with van der Waals surface area (Å²) in [5.41, 5.74) is 0.150. The van der Waals surface area contributed by atoms with Crippen LogP contribution in [0.5, 0.6) is 0 Å². The van der Waals surface area contributed by atoms with E-state index in [2.05, 4.69) is 26.1 Å². The molecule has 1 unspecified atom stereocenters. The van der Waals surface area contributed by atoms with Crippen LogP contribution in [-0.2, 0) is 9.59 Å². The number of carboxylic acid groups (broad SMARTS) is 1. The predicted molar refractivity (Wildman–Crippen MR) is 69.1 cm³/mol. The molecule has 0 saturated carbocycles. The smallest absolute Gasteiger partial charge is 0.326 e. The third-order valence-electron chi connectivity index (χ3n) is 2.55. The van der Waals surface area contributed by atoms with E-state index in [4.69, 9.17) is 10.2 Å². The van der Waals surface area contributed by atoms with E-state index in [9.17, 15) is 9.59 Å². The van der Waals surface area contributed by atoms with Gasteiger partial charge in [0.2, 0.25) is 5.91 Å². The minimum Gasteiger partial charge on any atom is -0.480 e. The van der Waals surface area contributed by atoms with Crippen LogP contribution in [0.2, 0.25) is 0 Å². The van der Waals surface area contributed by atoms with Crippen molar-refractivity contribution in [3.05, 3.63) is 0 Å². The van der Waals surface area contributed by atoms with Gasteiger partial charge in [-0.2, -0.15) is 0 Å². The number of amides is 1. The van der Waals surface area contributed by atoms with Crippen LogP contribution in [0.15, 0.2) is 0 Å². The van der Waals surface area contributed by atoms with Gasteiger partial charge < -0.3 is 15.5 Å². The van der Waals surface area contributed by atoms with Gasteiger partial charge in [-0.15, -0.1) is 0 Å². The van der Waals surface area contributed by atoms with E-state index in [0.717, 1.165) is 6.42 Å². The van der Waals surface area contributed by atoms with E-state index in [1.807, 2.05) is 6.92 Å². The average molecular weight is 259 g/mol. The van der Waals surface area contributed by atoms with Crippen molar-refractivity contribution in [1.29, 1.82) is 0 Å². The maximum absolute atomic E-state index is 11.7. The molecule has 0 aromatic carbocycles. The SMILES string of the molecule is CC(CC(=O)N[C@H](CCO)C(=O)O)CC(C)(C)C. The van der Waals surface area contributed by atoms with E-state index in [1.165, 1.54) is 0 Å². The second-order valence-electron chi connectivity index (χ2n) is 6.04. The summed E-state index contributed by atoms with van der Waals surface area (Å²) in [6.07, 6.45) is 1.25. The molecule has 3 N–H and O–H groups in total. The molecule has 0 rings (SSSR count). The van der Waals surface area contributed by atoms with Gasteiger partial charge in [0.25, 0.3) is 0 Å². The first-order valence-electron chi connectivity index (χ1n) is 6.28. The molecule has 0 saturated heterocycles. The Hall–Kier alpha value is -1.10. The molecule has 2 atom stereocenters. The number of carboxylic acids is 1. The molecule has 0 aromatic rings. The maximum atomic E-state index is 11.7. The van der Waals surface area contributed by atoms with E-state index in [1.54, 1.807) is 0 Å². The molecule has 18 heavy (non-hydrogen) atoms. The van der Waals surface area contributed by atoms with Crippen LogP contribution in [0.3, 0.4) is 0 Å². The van der Waals surface area contributed by atoms with Crippen LogP contribution in [0.1, 0.15) is 47.0 Å². The molecule has 0 radical (unpaired) electrons. The van der Waals surface area contributed by atoms with Crippen LogP contribution in [0.25, 0.3) is 0 Å². The van der Waals surface area contributed by atoms with Crippen LogP contribution in [0, 0.1) is 11.3 Å². The van der Waals surface area contributed by atoms with Crippen LogP contribution in [0.4, 0.5) is 0 Å². The van der Waals surface area contributed by atoms with Gasteiger partial charge in [0.05, 0.1) is 0 Å². The third-order valence-corrected chi connectivity index (χ3v) is 2.55. The van der Waals surface area contributed by atoms with E-state index in [-0.39, 0.29) is 30.3 Å². The molecule has 1 amide bonds. The van der Waals surface area contributed by atoms with Gasteiger partial charge >= 0.3 is 5.97 Å². The Balaban J connectivity index is 4.20. The summed E-state index contributed by atoms with van der Waals surface area (Å²) in [4.78, 5) is 22.5. The zero-order valence-corrected chi connectivity index (χ0v) is 11.7. The molecular weight excluding hydrogens is 234 g/mol. The molecule has 0 aliphatic rings. The molecular formula is C13H25NO4. The van der Waals surface area contributed by atoms with Crippen molar-refractivity contribution in [2.24, 2.45) is 11.3 Å². The Morgan fingerprint density at radius 3 is 2.22 bits per heavy atom. The molecule has 0 fully saturated rings. The molecule has 0 aliphatic carbocycles. The lowest BCUT2D eigenvalue weighted by atomic mass is 9.84. The van der Waals surface area contributed by atoms with Gasteiger partial charge in [0.1, 0.15) is 6.04 Å². The lowest BCUT2D eigenvalue weighted by Gasteiger charge is -2.23. The Kier molecular flexibility index (Phi) is 6.91. The highest BCUT2D eigenvalue weighted by Gasteiger charge is 2.22. The Labute approximate surface area is 109 Å². The average Bonchev–Trinajstić information content (AvgIpc) is 2.13. The van der Waals surface area contributed by atoms with Gasteiger partial charge in [-0.05, 0) is 17.8 Å². The van der Waals surface area contributed by atoms with Gasteiger partial charge in [-0.1, -0.05) is 27.7 Å². The fourth-order valence-corrected chi connectivity index (χ4v) is 2.07. The summed E-state index contributed by atoms with van der Waals surface area (Å²) in [5, 5.41) is 20.0. The zero-order valence-electron chi connectivity index (χ0n) is 11.7. The number of rotatable bonds is 7. The number of hydrogen-bond donors (Lipinski definition) is 3. The molecule has 0 aromatic heterocycles. The van der Waals surface area contributed by atoms with Gasteiger partial charge in [-0.25, -0.2) is 4.79 Å². The molecule has 0 spiro atoms. The largest absolute Gasteiger partial charge is 0.480 e. The predicted octanol–water partition coefficient (Wildman–Crippen LogP) is 1.40. The Morgan fingerprint density at radius 1 is 1.28 bits per heavy atom. The summed E-state index contributed by atoms with van der Waals surface area (Å²) < 4.78 is 0. The van der Waals surface area contributed by atoms with Crippen molar-refractivity contribution in [3.63, 3.8) is 0 Å². The zero-order chi connectivity index (χ0) is 14.3. The Morgan fingerprint density at radius 2 is 1.83 bits per heavy atom. The number of aliphatic carboxylic acids is 1. The van der Waals surface area contributed by atoms with Crippen molar-refractivity contribution in [3.8, 4) is 0 Å². The molecule has 0 aliphatic heterocycles. The number of aliphatic hydroxyl groups excluding tert-OH is 1. The summed E-state index contributed by atoms with van der Waals surface area (Å²) in [6, 6.07) is -0.996. The van der Waals surface area contributed by atoms with Crippen molar-refractivity contribution >= 4 is 11.9 Å². The second-order valence-corrected chi connectivity index (χ2v) is 6.04. The van der Waals surface area contributed by atoms with Crippen molar-refractivity contribution in [1.82, 2.24) is 5.32 Å². The minimum absolute atomic E-state index is 0.0364. The van der Waals surface area contributed by atoms with E-state index in [0.29, 0.717) is 6.42 Å². The normalized spacial score (nSPS) is 14.9. The quantitative estimate of drug-likeness (QED) is 0.645. The van der Waals surface area contributed by atoms with Crippen LogP contribution < -0.4 is 5.32 Å². The lowest BCUT2D eigenvalue weighted by Crippen LogP contribution is -2.42. The van der Waals surface area contributed by atoms with Gasteiger partial charge in [0, 0.05) is 19.4 Å². The van der Waals surface area contributed by atoms with E-state index < -0.39 is 12.0 Å². The fraction of sp³-hybridized carbons (Fsp3) is 0.846. The summed E-state index contributed by atoms with van der Waals surface area (Å²) in [5.74, 6) is -1.18. The van der Waals surface area contributed by atoms with Gasteiger partial charge in [-0.3, -0.25) is 4.79 Å². The van der Waals surface area contributed by atoms with E-state index >= 15 is 0 Å². The summed E-state index contributed by atoms with van der Waals surface area (Å²) in [7, 11) is 0. The maximum Gasteiger partial charge on any atom is 0.326 e. The Bertz CT molecular complexity index is 283. The number of carbonyl (C=O) groups is 2. The lowest BCUT2D eigenvalue weighted by molar-refractivity contribution is -0.142. The minimum atomic E-state index is -1.11. The fourth-order valence-electron chi connectivity index (χ4n) is 2.07. The van der Waals surface area contributed by atoms with Crippen LogP contribution >= 0.6 is 0 Å². The molecule has 5 heteroatoms. The number of aliphatic hydroxyl groups is 1. The number of nitrogens with one attached hydrogen (secondary N) is 1. The highest BCUT2D eigenvalue weighted by atomic mass is 16.4. The molecule has 106 valence electrons. The van der Waals surface area contributed by atoms with Gasteiger partial charge in [0.15, 0.2) is 0 Å². The highest BCUT2D eigenvalue weighted by molar-refractivity contribution is 5.83. The number of hydrogen-bond acceptors (Lipinski definition) is 3. The summed E-state index contributed by atoms with van der Waals surface area (Å²) in [6.45, 7) is 8.04. The molecule has 5 nitrogen and oxygen atoms in total. The molecule has 0 heterocycles. The van der Waals surface area contributed by atoms with Crippen LogP contribution in [-0.4, -0.2) is 34.7 Å². The first kappa shape index (κ1) is 16.9. The summed E-state index contributed by atoms with van der Waals surface area (Å²) >= 11 is 0. The topological polar surface area (TPSA) is 86.6 Å². The van der Waals surface area contributed by atoms with Crippen molar-refractivity contribution in [2.75, 3.05) is 6.61 Å². The first-order valence-corrected chi connectivity index (χ1v) is 6.28. The van der Waals surface area contributed by atoms with Crippen molar-refractivity contribution in [2.45, 2.75) is 53.0 Å². The standard InChI is InChI=1S/C13H25NO4/c1-9(8-13(2,3)4)7-11(16)14-10(5-6-15)12(17)18/h9-10,15H,5-8H2,1-4H3,(H,14,16)(H,17,18)/t9?,10-/m1/s1. The monoisotopic (exact) mass is 259 g/mol. The highest BCUT2D eigenvalue weighted by Crippen LogP contribution is 2.25. The number of carbonyl (C=O) groups excluding carboxylic acids is 1. The first-order chi connectivity index (χ1) is 8.15. The molecule has 0 bridgehead atoms.